The molecule has 1 saturated carbocycles. The first-order chi connectivity index (χ1) is 14.6. The molecule has 30 heavy (non-hydrogen) atoms. The van der Waals surface area contributed by atoms with E-state index in [1.807, 2.05) is 31.4 Å². The van der Waals surface area contributed by atoms with E-state index in [9.17, 15) is 9.59 Å². The topological polar surface area (TPSA) is 88.9 Å². The lowest BCUT2D eigenvalue weighted by Gasteiger charge is -2.16. The zero-order valence-corrected chi connectivity index (χ0v) is 18.6. The van der Waals surface area contributed by atoms with Crippen molar-refractivity contribution >= 4 is 23.6 Å². The van der Waals surface area contributed by atoms with Gasteiger partial charge in [0.05, 0.1) is 0 Å². The number of carbonyl (C=O) groups is 2. The van der Waals surface area contributed by atoms with Gasteiger partial charge in [-0.15, -0.1) is 10.2 Å². The van der Waals surface area contributed by atoms with E-state index in [0.717, 1.165) is 23.8 Å². The number of aromatic nitrogens is 3. The largest absolute Gasteiger partial charge is 0.356 e. The summed E-state index contributed by atoms with van der Waals surface area (Å²) in [5.74, 6) is 0.800. The van der Waals surface area contributed by atoms with E-state index in [-0.39, 0.29) is 24.3 Å². The smallest absolute Gasteiger partial charge is 0.251 e. The van der Waals surface area contributed by atoms with Gasteiger partial charge in [0.15, 0.2) is 5.16 Å². The van der Waals surface area contributed by atoms with Crippen LogP contribution in [0.2, 0.25) is 0 Å². The highest BCUT2D eigenvalue weighted by Gasteiger charge is 2.23. The Morgan fingerprint density at radius 3 is 2.63 bits per heavy atom. The molecule has 1 aromatic heterocycles. The standard InChI is InChI=1S/C22H31N5O2S/c1-16(24-21(29)17-9-4-3-5-10-17)15-20(28)23-14-8-13-19-25-26-22(30-2)27(19)18-11-6-7-12-18/h3-5,9-10,16,18H,6-8,11-15H2,1-2H3,(H,23,28)(H,24,29). The molecule has 0 aliphatic heterocycles. The summed E-state index contributed by atoms with van der Waals surface area (Å²) in [5, 5.41) is 15.5. The summed E-state index contributed by atoms with van der Waals surface area (Å²) < 4.78 is 2.31. The van der Waals surface area contributed by atoms with Gasteiger partial charge in [0.25, 0.3) is 5.91 Å². The summed E-state index contributed by atoms with van der Waals surface area (Å²) in [7, 11) is 0. The van der Waals surface area contributed by atoms with Gasteiger partial charge in [0.1, 0.15) is 5.82 Å². The highest BCUT2D eigenvalue weighted by molar-refractivity contribution is 7.98. The summed E-state index contributed by atoms with van der Waals surface area (Å²) in [6.45, 7) is 2.43. The molecule has 3 rings (SSSR count). The molecule has 1 aliphatic rings. The lowest BCUT2D eigenvalue weighted by molar-refractivity contribution is -0.121. The minimum absolute atomic E-state index is 0.0575. The van der Waals surface area contributed by atoms with Crippen LogP contribution in [0.4, 0.5) is 0 Å². The van der Waals surface area contributed by atoms with Crippen molar-refractivity contribution < 1.29 is 9.59 Å². The summed E-state index contributed by atoms with van der Waals surface area (Å²) >= 11 is 1.64. The Morgan fingerprint density at radius 2 is 1.93 bits per heavy atom. The molecule has 1 atom stereocenters. The second-order valence-electron chi connectivity index (χ2n) is 7.81. The maximum atomic E-state index is 12.2. The van der Waals surface area contributed by atoms with E-state index in [2.05, 4.69) is 25.4 Å². The van der Waals surface area contributed by atoms with Crippen LogP contribution >= 0.6 is 11.8 Å². The second-order valence-corrected chi connectivity index (χ2v) is 8.58. The van der Waals surface area contributed by atoms with Gasteiger partial charge < -0.3 is 15.2 Å². The molecule has 0 spiro atoms. The lowest BCUT2D eigenvalue weighted by Crippen LogP contribution is -2.37. The Bertz CT molecular complexity index is 833. The van der Waals surface area contributed by atoms with Crippen molar-refractivity contribution in [2.24, 2.45) is 0 Å². The Morgan fingerprint density at radius 1 is 1.20 bits per heavy atom. The van der Waals surface area contributed by atoms with E-state index < -0.39 is 0 Å². The van der Waals surface area contributed by atoms with Crippen molar-refractivity contribution in [1.82, 2.24) is 25.4 Å². The van der Waals surface area contributed by atoms with Crippen molar-refractivity contribution in [3.05, 3.63) is 41.7 Å². The minimum atomic E-state index is -0.229. The van der Waals surface area contributed by atoms with Crippen molar-refractivity contribution in [2.75, 3.05) is 12.8 Å². The van der Waals surface area contributed by atoms with Crippen LogP contribution in [0.25, 0.3) is 0 Å². The molecule has 1 aromatic carbocycles. The Hall–Kier alpha value is -2.35. The summed E-state index contributed by atoms with van der Waals surface area (Å²) in [4.78, 5) is 24.4. The first-order valence-electron chi connectivity index (χ1n) is 10.7. The molecule has 7 nitrogen and oxygen atoms in total. The molecule has 1 heterocycles. The molecular weight excluding hydrogens is 398 g/mol. The summed E-state index contributed by atoms with van der Waals surface area (Å²) in [5.41, 5.74) is 0.598. The predicted molar refractivity (Wildman–Crippen MR) is 119 cm³/mol. The molecule has 0 saturated heterocycles. The van der Waals surface area contributed by atoms with E-state index >= 15 is 0 Å². The second kappa shape index (κ2) is 11.2. The zero-order chi connectivity index (χ0) is 21.3. The highest BCUT2D eigenvalue weighted by atomic mass is 32.2. The van der Waals surface area contributed by atoms with Gasteiger partial charge in [-0.25, -0.2) is 0 Å². The lowest BCUT2D eigenvalue weighted by atomic mass is 10.1. The molecule has 2 aromatic rings. The van der Waals surface area contributed by atoms with Crippen LogP contribution in [0.15, 0.2) is 35.5 Å². The van der Waals surface area contributed by atoms with E-state index in [1.54, 1.807) is 23.9 Å². The molecule has 0 radical (unpaired) electrons. The molecule has 1 unspecified atom stereocenters. The van der Waals surface area contributed by atoms with E-state index in [0.29, 0.717) is 18.2 Å². The number of hydrogen-bond donors (Lipinski definition) is 2. The van der Waals surface area contributed by atoms with Crippen LogP contribution in [0.3, 0.4) is 0 Å². The Balaban J connectivity index is 1.40. The van der Waals surface area contributed by atoms with Gasteiger partial charge in [-0.1, -0.05) is 42.8 Å². The quantitative estimate of drug-likeness (QED) is 0.446. The SMILES string of the molecule is CSc1nnc(CCCNC(=O)CC(C)NC(=O)c2ccccc2)n1C1CCCC1. The third-order valence-electron chi connectivity index (χ3n) is 5.41. The zero-order valence-electron chi connectivity index (χ0n) is 17.8. The molecule has 1 fully saturated rings. The minimum Gasteiger partial charge on any atom is -0.356 e. The monoisotopic (exact) mass is 429 g/mol. The average Bonchev–Trinajstić information content (AvgIpc) is 3.41. The van der Waals surface area contributed by atoms with Crippen LogP contribution in [-0.2, 0) is 11.2 Å². The van der Waals surface area contributed by atoms with Crippen molar-refractivity contribution in [1.29, 1.82) is 0 Å². The van der Waals surface area contributed by atoms with Crippen LogP contribution in [0.1, 0.15) is 67.7 Å². The third-order valence-corrected chi connectivity index (χ3v) is 6.06. The van der Waals surface area contributed by atoms with Crippen molar-refractivity contribution in [3.63, 3.8) is 0 Å². The van der Waals surface area contributed by atoms with Gasteiger partial charge in [-0.2, -0.15) is 0 Å². The molecule has 2 N–H and O–H groups in total. The fourth-order valence-electron chi connectivity index (χ4n) is 3.92. The molecule has 0 bridgehead atoms. The first-order valence-corrected chi connectivity index (χ1v) is 11.9. The number of rotatable bonds is 10. The van der Waals surface area contributed by atoms with Gasteiger partial charge in [-0.3, -0.25) is 9.59 Å². The maximum absolute atomic E-state index is 12.2. The number of amides is 2. The molecule has 8 heteroatoms. The number of aryl methyl sites for hydroxylation is 1. The number of nitrogens with zero attached hydrogens (tertiary/aromatic N) is 3. The van der Waals surface area contributed by atoms with Gasteiger partial charge in [0, 0.05) is 37.0 Å². The maximum Gasteiger partial charge on any atom is 0.251 e. The van der Waals surface area contributed by atoms with E-state index in [1.165, 1.54) is 25.7 Å². The van der Waals surface area contributed by atoms with Crippen LogP contribution in [0.5, 0.6) is 0 Å². The number of hydrogen-bond acceptors (Lipinski definition) is 5. The van der Waals surface area contributed by atoms with Gasteiger partial charge in [0.2, 0.25) is 5.91 Å². The third kappa shape index (κ3) is 6.08. The van der Waals surface area contributed by atoms with Gasteiger partial charge in [-0.05, 0) is 44.6 Å². The van der Waals surface area contributed by atoms with Crippen LogP contribution in [0, 0.1) is 0 Å². The number of nitrogens with one attached hydrogen (secondary N) is 2. The highest BCUT2D eigenvalue weighted by Crippen LogP contribution is 2.33. The fourth-order valence-corrected chi connectivity index (χ4v) is 4.49. The molecular formula is C22H31N5O2S. The molecule has 1 aliphatic carbocycles. The number of benzene rings is 1. The fraction of sp³-hybridized carbons (Fsp3) is 0.545. The summed E-state index contributed by atoms with van der Waals surface area (Å²) in [6, 6.07) is 9.31. The first kappa shape index (κ1) is 22.3. The van der Waals surface area contributed by atoms with Crippen molar-refractivity contribution in [2.45, 2.75) is 69.1 Å². The Kier molecular flexibility index (Phi) is 8.30. The van der Waals surface area contributed by atoms with Crippen LogP contribution in [-0.4, -0.2) is 45.4 Å². The number of thioether (sulfide) groups is 1. The average molecular weight is 430 g/mol. The Labute approximate surface area is 182 Å². The summed E-state index contributed by atoms with van der Waals surface area (Å²) in [6.07, 6.45) is 8.84. The van der Waals surface area contributed by atoms with Crippen molar-refractivity contribution in [3.8, 4) is 0 Å². The molecule has 2 amide bonds. The normalized spacial score (nSPS) is 15.1. The predicted octanol–water partition coefficient (Wildman–Crippen LogP) is 3.37. The molecule has 162 valence electrons. The van der Waals surface area contributed by atoms with Crippen LogP contribution < -0.4 is 10.6 Å². The number of carbonyl (C=O) groups excluding carboxylic acids is 2. The van der Waals surface area contributed by atoms with Gasteiger partial charge >= 0.3 is 0 Å². The van der Waals surface area contributed by atoms with E-state index in [4.69, 9.17) is 0 Å².